The fourth-order valence-corrected chi connectivity index (χ4v) is 3.51. The summed E-state index contributed by atoms with van der Waals surface area (Å²) in [5.41, 5.74) is 1.13. The molecule has 2 amide bonds. The van der Waals surface area contributed by atoms with E-state index in [1.54, 1.807) is 23.1 Å². The van der Waals surface area contributed by atoms with Crippen molar-refractivity contribution in [2.75, 3.05) is 57.4 Å². The topological polar surface area (TPSA) is 88.2 Å². The van der Waals surface area contributed by atoms with Crippen LogP contribution in [0, 0.1) is 0 Å². The molecule has 2 aliphatic heterocycles. The lowest BCUT2D eigenvalue weighted by molar-refractivity contribution is -0.122. The molecule has 0 radical (unpaired) electrons. The van der Waals surface area contributed by atoms with Crippen molar-refractivity contribution in [2.45, 2.75) is 26.2 Å². The van der Waals surface area contributed by atoms with Crippen LogP contribution in [0.15, 0.2) is 18.2 Å². The third-order valence-corrected chi connectivity index (χ3v) is 5.17. The predicted molar refractivity (Wildman–Crippen MR) is 108 cm³/mol. The summed E-state index contributed by atoms with van der Waals surface area (Å²) in [5.74, 6) is 0.346. The van der Waals surface area contributed by atoms with Gasteiger partial charge in [0.1, 0.15) is 5.75 Å². The van der Waals surface area contributed by atoms with Crippen LogP contribution in [0.5, 0.6) is 5.75 Å². The van der Waals surface area contributed by atoms with Gasteiger partial charge in [-0.25, -0.2) is 0 Å². The van der Waals surface area contributed by atoms with Crippen molar-refractivity contribution in [1.29, 1.82) is 0 Å². The molecule has 158 valence electrons. The van der Waals surface area contributed by atoms with Gasteiger partial charge >= 0.3 is 0 Å². The monoisotopic (exact) mass is 403 g/mol. The Bertz CT molecular complexity index is 746. The molecular formula is C21H29N3O5. The Morgan fingerprint density at radius 1 is 1.14 bits per heavy atom. The summed E-state index contributed by atoms with van der Waals surface area (Å²) in [6.07, 6.45) is 1.81. The van der Waals surface area contributed by atoms with Crippen molar-refractivity contribution in [3.63, 3.8) is 0 Å². The number of hydrogen-bond acceptors (Lipinski definition) is 6. The molecule has 3 rings (SSSR count). The van der Waals surface area contributed by atoms with Gasteiger partial charge in [-0.15, -0.1) is 0 Å². The number of nitrogens with one attached hydrogen (secondary N) is 1. The summed E-state index contributed by atoms with van der Waals surface area (Å²) < 4.78 is 10.8. The SMILES string of the molecule is CC(=O)c1ccc2c(c1)N(CCCC(=O)NCCCN1CCOCC1)C(=O)CO2. The minimum Gasteiger partial charge on any atom is -0.482 e. The summed E-state index contributed by atoms with van der Waals surface area (Å²) in [5, 5.41) is 2.94. The number of rotatable bonds is 9. The van der Waals surface area contributed by atoms with Crippen molar-refractivity contribution >= 4 is 23.3 Å². The molecule has 0 atom stereocenters. The zero-order valence-corrected chi connectivity index (χ0v) is 16.9. The molecule has 0 unspecified atom stereocenters. The Balaban J connectivity index is 1.41. The maximum absolute atomic E-state index is 12.3. The van der Waals surface area contributed by atoms with E-state index in [0.29, 0.717) is 42.9 Å². The maximum Gasteiger partial charge on any atom is 0.265 e. The van der Waals surface area contributed by atoms with E-state index in [1.807, 2.05) is 0 Å². The highest BCUT2D eigenvalue weighted by molar-refractivity contribution is 6.01. The molecule has 0 saturated carbocycles. The van der Waals surface area contributed by atoms with Crippen molar-refractivity contribution in [1.82, 2.24) is 10.2 Å². The van der Waals surface area contributed by atoms with Gasteiger partial charge in [0.15, 0.2) is 12.4 Å². The molecule has 2 heterocycles. The fraction of sp³-hybridized carbons (Fsp3) is 0.571. The van der Waals surface area contributed by atoms with Crippen LogP contribution < -0.4 is 15.0 Å². The fourth-order valence-electron chi connectivity index (χ4n) is 3.51. The van der Waals surface area contributed by atoms with Crippen LogP contribution in [0.4, 0.5) is 5.69 Å². The number of Topliss-reactive ketones (excluding diaryl/α,β-unsaturated/α-hetero) is 1. The van der Waals surface area contributed by atoms with E-state index in [9.17, 15) is 14.4 Å². The molecule has 1 N–H and O–H groups in total. The molecule has 0 aliphatic carbocycles. The molecule has 8 heteroatoms. The third kappa shape index (κ3) is 6.01. The van der Waals surface area contributed by atoms with Crippen molar-refractivity contribution in [2.24, 2.45) is 0 Å². The average molecular weight is 403 g/mol. The number of ether oxygens (including phenoxy) is 2. The normalized spacial score (nSPS) is 16.9. The molecule has 1 aromatic rings. The molecule has 2 aliphatic rings. The van der Waals surface area contributed by atoms with Crippen LogP contribution in [0.25, 0.3) is 0 Å². The van der Waals surface area contributed by atoms with Crippen molar-refractivity contribution in [3.05, 3.63) is 23.8 Å². The van der Waals surface area contributed by atoms with Crippen LogP contribution in [-0.4, -0.2) is 75.0 Å². The van der Waals surface area contributed by atoms with E-state index < -0.39 is 0 Å². The van der Waals surface area contributed by atoms with E-state index in [0.717, 1.165) is 39.3 Å². The second-order valence-corrected chi connectivity index (χ2v) is 7.33. The summed E-state index contributed by atoms with van der Waals surface area (Å²) in [4.78, 5) is 40.0. The third-order valence-electron chi connectivity index (χ3n) is 5.17. The minimum atomic E-state index is -0.163. The first kappa shape index (κ1) is 21.3. The van der Waals surface area contributed by atoms with Crippen LogP contribution in [0.2, 0.25) is 0 Å². The first-order chi connectivity index (χ1) is 14.0. The highest BCUT2D eigenvalue weighted by Gasteiger charge is 2.26. The van der Waals surface area contributed by atoms with Gasteiger partial charge in [-0.05, 0) is 44.5 Å². The zero-order chi connectivity index (χ0) is 20.6. The first-order valence-corrected chi connectivity index (χ1v) is 10.2. The smallest absolute Gasteiger partial charge is 0.265 e. The average Bonchev–Trinajstić information content (AvgIpc) is 2.73. The van der Waals surface area contributed by atoms with Crippen molar-refractivity contribution < 1.29 is 23.9 Å². The number of hydrogen-bond donors (Lipinski definition) is 1. The number of carbonyl (C=O) groups is 3. The van der Waals surface area contributed by atoms with Crippen LogP contribution >= 0.6 is 0 Å². The number of morpholine rings is 1. The highest BCUT2D eigenvalue weighted by atomic mass is 16.5. The van der Waals surface area contributed by atoms with Gasteiger partial charge in [0.25, 0.3) is 5.91 Å². The lowest BCUT2D eigenvalue weighted by atomic mass is 10.1. The van der Waals surface area contributed by atoms with E-state index in [-0.39, 0.29) is 24.2 Å². The molecule has 1 aromatic carbocycles. The van der Waals surface area contributed by atoms with Gasteiger partial charge in [0.2, 0.25) is 5.91 Å². The second-order valence-electron chi connectivity index (χ2n) is 7.33. The molecule has 29 heavy (non-hydrogen) atoms. The van der Waals surface area contributed by atoms with Gasteiger partial charge in [-0.3, -0.25) is 19.3 Å². The van der Waals surface area contributed by atoms with E-state index in [1.165, 1.54) is 6.92 Å². The Morgan fingerprint density at radius 2 is 1.93 bits per heavy atom. The molecule has 1 saturated heterocycles. The summed E-state index contributed by atoms with van der Waals surface area (Å²) >= 11 is 0. The predicted octanol–water partition coefficient (Wildman–Crippen LogP) is 1.23. The molecule has 8 nitrogen and oxygen atoms in total. The molecule has 0 spiro atoms. The number of benzene rings is 1. The largest absolute Gasteiger partial charge is 0.482 e. The molecular weight excluding hydrogens is 374 g/mol. The first-order valence-electron chi connectivity index (χ1n) is 10.2. The lowest BCUT2D eigenvalue weighted by Crippen LogP contribution is -2.40. The highest BCUT2D eigenvalue weighted by Crippen LogP contribution is 2.33. The zero-order valence-electron chi connectivity index (χ0n) is 16.9. The van der Waals surface area contributed by atoms with Gasteiger partial charge < -0.3 is 19.7 Å². The number of ketones is 1. The van der Waals surface area contributed by atoms with Crippen LogP contribution in [0.1, 0.15) is 36.5 Å². The van der Waals surface area contributed by atoms with Crippen molar-refractivity contribution in [3.8, 4) is 5.75 Å². The summed E-state index contributed by atoms with van der Waals surface area (Å²) in [7, 11) is 0. The summed E-state index contributed by atoms with van der Waals surface area (Å²) in [6.45, 7) is 6.95. The maximum atomic E-state index is 12.3. The number of carbonyl (C=O) groups excluding carboxylic acids is 3. The lowest BCUT2D eigenvalue weighted by Gasteiger charge is -2.29. The van der Waals surface area contributed by atoms with Crippen LogP contribution in [0.3, 0.4) is 0 Å². The van der Waals surface area contributed by atoms with Gasteiger partial charge in [0, 0.05) is 38.2 Å². The molecule has 1 fully saturated rings. The van der Waals surface area contributed by atoms with Gasteiger partial charge in [-0.1, -0.05) is 0 Å². The molecule has 0 bridgehead atoms. The van der Waals surface area contributed by atoms with Gasteiger partial charge in [-0.2, -0.15) is 0 Å². The number of anilines is 1. The number of fused-ring (bicyclic) bond motifs is 1. The standard InChI is InChI=1S/C21H29N3O5/c1-16(25)17-5-6-19-18(14-17)24(21(27)15-29-19)9-2-4-20(26)22-7-3-8-23-10-12-28-13-11-23/h5-6,14H,2-4,7-13,15H2,1H3,(H,22,26). The Kier molecular flexibility index (Phi) is 7.60. The van der Waals surface area contributed by atoms with E-state index >= 15 is 0 Å². The van der Waals surface area contributed by atoms with Gasteiger partial charge in [0.05, 0.1) is 18.9 Å². The number of nitrogens with zero attached hydrogens (tertiary/aromatic N) is 2. The minimum absolute atomic E-state index is 0.00889. The summed E-state index contributed by atoms with van der Waals surface area (Å²) in [6, 6.07) is 5.09. The Hall–Kier alpha value is -2.45. The Labute approximate surface area is 171 Å². The van der Waals surface area contributed by atoms with E-state index in [2.05, 4.69) is 10.2 Å². The van der Waals surface area contributed by atoms with E-state index in [4.69, 9.17) is 9.47 Å². The quantitative estimate of drug-likeness (QED) is 0.493. The van der Waals surface area contributed by atoms with Crippen LogP contribution in [-0.2, 0) is 14.3 Å². The second kappa shape index (κ2) is 10.4. The number of amides is 2. The molecule has 0 aromatic heterocycles. The Morgan fingerprint density at radius 3 is 2.69 bits per heavy atom.